The summed E-state index contributed by atoms with van der Waals surface area (Å²) in [5, 5.41) is 3.60. The van der Waals surface area contributed by atoms with E-state index >= 15 is 0 Å². The van der Waals surface area contributed by atoms with Gasteiger partial charge in [0.2, 0.25) is 0 Å². The average molecular weight is 261 g/mol. The van der Waals surface area contributed by atoms with Crippen LogP contribution in [0.5, 0.6) is 5.75 Å². The minimum absolute atomic E-state index is 0.508. The third-order valence-electron chi connectivity index (χ3n) is 4.18. The van der Waals surface area contributed by atoms with E-state index in [-0.39, 0.29) is 0 Å². The summed E-state index contributed by atoms with van der Waals surface area (Å²) < 4.78 is 6.06. The third kappa shape index (κ3) is 3.97. The molecular weight excluding hydrogens is 234 g/mol. The fourth-order valence-corrected chi connectivity index (χ4v) is 3.12. The Balaban J connectivity index is 1.93. The van der Waals surface area contributed by atoms with Crippen LogP contribution in [0.25, 0.3) is 0 Å². The van der Waals surface area contributed by atoms with Crippen LogP contribution in [0.4, 0.5) is 0 Å². The summed E-state index contributed by atoms with van der Waals surface area (Å²) in [6, 6.07) is 6.92. The Labute approximate surface area is 117 Å². The standard InChI is InChI=1S/C17H27NO/c1-4-18-16(15-7-5-6-8-15)12-19-17-10-9-13(2)11-14(17)3/h9-11,15-16,18H,4-8,12H2,1-3H3. The Hall–Kier alpha value is -1.02. The van der Waals surface area contributed by atoms with Crippen LogP contribution in [-0.4, -0.2) is 19.2 Å². The molecule has 1 saturated carbocycles. The van der Waals surface area contributed by atoms with Crippen molar-refractivity contribution < 1.29 is 4.74 Å². The maximum absolute atomic E-state index is 6.06. The molecule has 0 heterocycles. The van der Waals surface area contributed by atoms with Gasteiger partial charge in [-0.15, -0.1) is 0 Å². The van der Waals surface area contributed by atoms with Gasteiger partial charge in [-0.05, 0) is 50.8 Å². The molecule has 0 radical (unpaired) electrons. The lowest BCUT2D eigenvalue weighted by Crippen LogP contribution is -2.40. The summed E-state index contributed by atoms with van der Waals surface area (Å²) in [5.41, 5.74) is 2.53. The molecule has 1 aliphatic rings. The van der Waals surface area contributed by atoms with Crippen molar-refractivity contribution in [2.24, 2.45) is 5.92 Å². The zero-order valence-electron chi connectivity index (χ0n) is 12.5. The van der Waals surface area contributed by atoms with Gasteiger partial charge in [-0.1, -0.05) is 37.5 Å². The lowest BCUT2D eigenvalue weighted by Gasteiger charge is -2.24. The quantitative estimate of drug-likeness (QED) is 0.840. The van der Waals surface area contributed by atoms with Gasteiger partial charge in [0, 0.05) is 6.04 Å². The van der Waals surface area contributed by atoms with Crippen LogP contribution >= 0.6 is 0 Å². The minimum atomic E-state index is 0.508. The molecular formula is C17H27NO. The number of hydrogen-bond acceptors (Lipinski definition) is 2. The number of aryl methyl sites for hydroxylation is 2. The third-order valence-corrected chi connectivity index (χ3v) is 4.18. The van der Waals surface area contributed by atoms with Gasteiger partial charge in [0.15, 0.2) is 0 Å². The second-order valence-corrected chi connectivity index (χ2v) is 5.79. The lowest BCUT2D eigenvalue weighted by atomic mass is 9.99. The highest BCUT2D eigenvalue weighted by atomic mass is 16.5. The van der Waals surface area contributed by atoms with Crippen LogP contribution in [-0.2, 0) is 0 Å². The van der Waals surface area contributed by atoms with E-state index in [2.05, 4.69) is 44.3 Å². The van der Waals surface area contributed by atoms with Crippen molar-refractivity contribution in [3.8, 4) is 5.75 Å². The van der Waals surface area contributed by atoms with Crippen molar-refractivity contribution >= 4 is 0 Å². The van der Waals surface area contributed by atoms with Crippen molar-refractivity contribution in [3.05, 3.63) is 29.3 Å². The molecule has 2 nitrogen and oxygen atoms in total. The number of ether oxygens (including phenoxy) is 1. The molecule has 19 heavy (non-hydrogen) atoms. The molecule has 2 heteroatoms. The SMILES string of the molecule is CCNC(COc1ccc(C)cc1C)C1CCCC1. The molecule has 0 aliphatic heterocycles. The first kappa shape index (κ1) is 14.4. The molecule has 106 valence electrons. The summed E-state index contributed by atoms with van der Waals surface area (Å²) >= 11 is 0. The topological polar surface area (TPSA) is 21.3 Å². The van der Waals surface area contributed by atoms with Crippen LogP contribution in [0.1, 0.15) is 43.7 Å². The van der Waals surface area contributed by atoms with Crippen LogP contribution in [0, 0.1) is 19.8 Å². The van der Waals surface area contributed by atoms with Crippen LogP contribution in [0.3, 0.4) is 0 Å². The Bertz CT molecular complexity index is 396. The van der Waals surface area contributed by atoms with Gasteiger partial charge in [0.25, 0.3) is 0 Å². The van der Waals surface area contributed by atoms with Gasteiger partial charge in [-0.3, -0.25) is 0 Å². The Morgan fingerprint density at radius 3 is 2.63 bits per heavy atom. The zero-order valence-corrected chi connectivity index (χ0v) is 12.5. The number of likely N-dealkylation sites (N-methyl/N-ethyl adjacent to an activating group) is 1. The molecule has 0 saturated heterocycles. The Morgan fingerprint density at radius 2 is 2.00 bits per heavy atom. The predicted octanol–water partition coefficient (Wildman–Crippen LogP) is 3.85. The average Bonchev–Trinajstić information content (AvgIpc) is 2.90. The molecule has 0 bridgehead atoms. The monoisotopic (exact) mass is 261 g/mol. The van der Waals surface area contributed by atoms with Gasteiger partial charge in [-0.2, -0.15) is 0 Å². The van der Waals surface area contributed by atoms with Crippen LogP contribution in [0.15, 0.2) is 18.2 Å². The highest BCUT2D eigenvalue weighted by Gasteiger charge is 2.24. The van der Waals surface area contributed by atoms with E-state index in [1.165, 1.54) is 36.8 Å². The summed E-state index contributed by atoms with van der Waals surface area (Å²) in [5.74, 6) is 1.83. The zero-order chi connectivity index (χ0) is 13.7. The fourth-order valence-electron chi connectivity index (χ4n) is 3.12. The molecule has 1 N–H and O–H groups in total. The van der Waals surface area contributed by atoms with E-state index in [1.807, 2.05) is 0 Å². The molecule has 1 aliphatic carbocycles. The molecule has 1 aromatic carbocycles. The second-order valence-electron chi connectivity index (χ2n) is 5.79. The van der Waals surface area contributed by atoms with Crippen molar-refractivity contribution in [1.82, 2.24) is 5.32 Å². The number of rotatable bonds is 6. The Morgan fingerprint density at radius 1 is 1.26 bits per heavy atom. The van der Waals surface area contributed by atoms with E-state index < -0.39 is 0 Å². The van der Waals surface area contributed by atoms with E-state index in [1.54, 1.807) is 0 Å². The van der Waals surface area contributed by atoms with E-state index in [0.29, 0.717) is 6.04 Å². The highest BCUT2D eigenvalue weighted by molar-refractivity contribution is 5.35. The molecule has 1 unspecified atom stereocenters. The Kier molecular flexibility index (Phi) is 5.26. The summed E-state index contributed by atoms with van der Waals surface area (Å²) in [4.78, 5) is 0. The van der Waals surface area contributed by atoms with Crippen LogP contribution in [0.2, 0.25) is 0 Å². The highest BCUT2D eigenvalue weighted by Crippen LogP contribution is 2.28. The van der Waals surface area contributed by atoms with Gasteiger partial charge >= 0.3 is 0 Å². The second kappa shape index (κ2) is 6.95. The normalized spacial score (nSPS) is 17.6. The molecule has 1 fully saturated rings. The number of benzene rings is 1. The van der Waals surface area contributed by atoms with Gasteiger partial charge in [0.1, 0.15) is 12.4 Å². The maximum atomic E-state index is 6.06. The molecule has 1 aromatic rings. The van der Waals surface area contributed by atoms with Crippen molar-refractivity contribution in [1.29, 1.82) is 0 Å². The van der Waals surface area contributed by atoms with Gasteiger partial charge < -0.3 is 10.1 Å². The molecule has 0 amide bonds. The first-order valence-corrected chi connectivity index (χ1v) is 7.64. The maximum Gasteiger partial charge on any atom is 0.122 e. The summed E-state index contributed by atoms with van der Waals surface area (Å²) in [6.07, 6.45) is 5.48. The molecule has 0 aromatic heterocycles. The lowest BCUT2D eigenvalue weighted by molar-refractivity contribution is 0.218. The van der Waals surface area contributed by atoms with Crippen molar-refractivity contribution in [2.75, 3.05) is 13.2 Å². The first-order valence-electron chi connectivity index (χ1n) is 7.64. The predicted molar refractivity (Wildman–Crippen MR) is 80.8 cm³/mol. The van der Waals surface area contributed by atoms with Crippen LogP contribution < -0.4 is 10.1 Å². The van der Waals surface area contributed by atoms with E-state index in [9.17, 15) is 0 Å². The number of hydrogen-bond donors (Lipinski definition) is 1. The fraction of sp³-hybridized carbons (Fsp3) is 0.647. The smallest absolute Gasteiger partial charge is 0.122 e. The van der Waals surface area contributed by atoms with E-state index in [0.717, 1.165) is 24.8 Å². The van der Waals surface area contributed by atoms with Crippen molar-refractivity contribution in [3.63, 3.8) is 0 Å². The van der Waals surface area contributed by atoms with E-state index in [4.69, 9.17) is 4.74 Å². The number of nitrogens with one attached hydrogen (secondary N) is 1. The van der Waals surface area contributed by atoms with Gasteiger partial charge in [-0.25, -0.2) is 0 Å². The van der Waals surface area contributed by atoms with Crippen molar-refractivity contribution in [2.45, 2.75) is 52.5 Å². The van der Waals surface area contributed by atoms with Gasteiger partial charge in [0.05, 0.1) is 0 Å². The first-order chi connectivity index (χ1) is 9.20. The summed E-state index contributed by atoms with van der Waals surface area (Å²) in [6.45, 7) is 8.25. The molecule has 2 rings (SSSR count). The molecule has 0 spiro atoms. The largest absolute Gasteiger partial charge is 0.492 e. The summed E-state index contributed by atoms with van der Waals surface area (Å²) in [7, 11) is 0. The minimum Gasteiger partial charge on any atom is -0.492 e. The molecule has 1 atom stereocenters.